The van der Waals surface area contributed by atoms with Crippen LogP contribution in [0.15, 0.2) is 47.4 Å². The van der Waals surface area contributed by atoms with Gasteiger partial charge in [-0.1, -0.05) is 23.7 Å². The van der Waals surface area contributed by atoms with Gasteiger partial charge in [0.15, 0.2) is 11.5 Å². The summed E-state index contributed by atoms with van der Waals surface area (Å²) in [6.45, 7) is 1.92. The van der Waals surface area contributed by atoms with Crippen LogP contribution in [0.2, 0.25) is 5.02 Å². The van der Waals surface area contributed by atoms with E-state index in [0.29, 0.717) is 34.4 Å². The van der Waals surface area contributed by atoms with Gasteiger partial charge in [0.25, 0.3) is 11.1 Å². The third-order valence-electron chi connectivity index (χ3n) is 4.07. The number of nitrogens with one attached hydrogen (secondary N) is 1. The maximum absolute atomic E-state index is 12.7. The number of hydrogen-bond donors (Lipinski definition) is 1. The molecule has 7 nitrogen and oxygen atoms in total. The first kappa shape index (κ1) is 21.7. The van der Waals surface area contributed by atoms with Gasteiger partial charge in [-0.25, -0.2) is 0 Å². The van der Waals surface area contributed by atoms with Crippen LogP contribution in [0.4, 0.5) is 10.5 Å². The Morgan fingerprint density at radius 2 is 2.00 bits per heavy atom. The monoisotopic (exact) mass is 446 g/mol. The number of thioether (sulfide) groups is 1. The van der Waals surface area contributed by atoms with E-state index in [4.69, 9.17) is 21.1 Å². The maximum atomic E-state index is 12.7. The average Bonchev–Trinajstić information content (AvgIpc) is 2.96. The summed E-state index contributed by atoms with van der Waals surface area (Å²) in [5.41, 5.74) is 1.16. The smallest absolute Gasteiger partial charge is 0.294 e. The first-order chi connectivity index (χ1) is 14.4. The van der Waals surface area contributed by atoms with E-state index >= 15 is 0 Å². The molecule has 0 saturated carbocycles. The van der Waals surface area contributed by atoms with Crippen molar-refractivity contribution in [1.29, 1.82) is 0 Å². The van der Waals surface area contributed by atoms with Crippen molar-refractivity contribution < 1.29 is 23.9 Å². The lowest BCUT2D eigenvalue weighted by molar-refractivity contribution is -0.127. The van der Waals surface area contributed by atoms with Gasteiger partial charge in [-0.2, -0.15) is 0 Å². The van der Waals surface area contributed by atoms with E-state index in [1.807, 2.05) is 6.92 Å². The van der Waals surface area contributed by atoms with Crippen LogP contribution in [0.5, 0.6) is 11.5 Å². The third kappa shape index (κ3) is 5.14. The zero-order valence-electron chi connectivity index (χ0n) is 16.3. The Kier molecular flexibility index (Phi) is 7.02. The van der Waals surface area contributed by atoms with Gasteiger partial charge < -0.3 is 14.8 Å². The zero-order chi connectivity index (χ0) is 21.7. The molecule has 9 heteroatoms. The van der Waals surface area contributed by atoms with Crippen molar-refractivity contribution in [2.24, 2.45) is 0 Å². The van der Waals surface area contributed by atoms with Gasteiger partial charge in [0.2, 0.25) is 5.91 Å². The van der Waals surface area contributed by atoms with Gasteiger partial charge in [0, 0.05) is 10.7 Å². The Bertz CT molecular complexity index is 1020. The lowest BCUT2D eigenvalue weighted by atomic mass is 10.2. The van der Waals surface area contributed by atoms with Crippen molar-refractivity contribution in [3.05, 3.63) is 58.0 Å². The van der Waals surface area contributed by atoms with E-state index in [2.05, 4.69) is 5.32 Å². The number of anilines is 1. The first-order valence-electron chi connectivity index (χ1n) is 9.03. The van der Waals surface area contributed by atoms with Crippen molar-refractivity contribution in [2.75, 3.05) is 25.6 Å². The number of halogens is 1. The number of rotatable bonds is 7. The van der Waals surface area contributed by atoms with Gasteiger partial charge in [-0.3, -0.25) is 19.3 Å². The normalized spacial score (nSPS) is 14.9. The number of methoxy groups -OCH3 is 1. The van der Waals surface area contributed by atoms with Gasteiger partial charge in [-0.15, -0.1) is 0 Å². The molecule has 0 radical (unpaired) electrons. The van der Waals surface area contributed by atoms with Crippen LogP contribution in [-0.4, -0.2) is 42.2 Å². The molecule has 3 amide bonds. The number of nitrogens with zero attached hydrogens (tertiary/aromatic N) is 1. The summed E-state index contributed by atoms with van der Waals surface area (Å²) in [5, 5.41) is 2.58. The van der Waals surface area contributed by atoms with Gasteiger partial charge in [-0.05, 0) is 60.7 Å². The Balaban J connectivity index is 1.72. The largest absolute Gasteiger partial charge is 0.493 e. The molecule has 156 valence electrons. The molecule has 30 heavy (non-hydrogen) atoms. The molecule has 1 N–H and O–H groups in total. The number of imide groups is 1. The van der Waals surface area contributed by atoms with E-state index in [1.165, 1.54) is 7.11 Å². The Morgan fingerprint density at radius 1 is 1.20 bits per heavy atom. The number of hydrogen-bond acceptors (Lipinski definition) is 6. The molecule has 0 unspecified atom stereocenters. The average molecular weight is 447 g/mol. The Hall–Kier alpha value is -2.97. The zero-order valence-corrected chi connectivity index (χ0v) is 17.9. The predicted octanol–water partition coefficient (Wildman–Crippen LogP) is 4.42. The summed E-state index contributed by atoms with van der Waals surface area (Å²) in [7, 11) is 1.54. The molecule has 0 atom stereocenters. The fourth-order valence-corrected chi connectivity index (χ4v) is 3.78. The Morgan fingerprint density at radius 3 is 2.70 bits per heavy atom. The summed E-state index contributed by atoms with van der Waals surface area (Å²) in [5.74, 6) is 0.0811. The minimum atomic E-state index is -0.528. The minimum Gasteiger partial charge on any atom is -0.493 e. The second-order valence-corrected chi connectivity index (χ2v) is 7.60. The van der Waals surface area contributed by atoms with Crippen LogP contribution < -0.4 is 14.8 Å². The molecule has 1 aliphatic heterocycles. The molecule has 0 spiro atoms. The van der Waals surface area contributed by atoms with Crippen LogP contribution in [0.25, 0.3) is 6.08 Å². The van der Waals surface area contributed by atoms with E-state index < -0.39 is 17.1 Å². The van der Waals surface area contributed by atoms with Crippen LogP contribution in [0, 0.1) is 0 Å². The quantitative estimate of drug-likeness (QED) is 0.633. The first-order valence-corrected chi connectivity index (χ1v) is 10.2. The molecule has 1 fully saturated rings. The third-order valence-corrected chi connectivity index (χ3v) is 5.21. The highest BCUT2D eigenvalue weighted by molar-refractivity contribution is 8.18. The fraction of sp³-hybridized carbons (Fsp3) is 0.190. The predicted molar refractivity (Wildman–Crippen MR) is 117 cm³/mol. The highest BCUT2D eigenvalue weighted by Gasteiger charge is 2.36. The van der Waals surface area contributed by atoms with Gasteiger partial charge >= 0.3 is 0 Å². The minimum absolute atomic E-state index is 0.225. The molecule has 2 aromatic rings. The molecular formula is C21H19ClN2O5S. The van der Waals surface area contributed by atoms with Crippen molar-refractivity contribution in [1.82, 2.24) is 4.90 Å². The topological polar surface area (TPSA) is 84.9 Å². The van der Waals surface area contributed by atoms with E-state index in [9.17, 15) is 14.4 Å². The van der Waals surface area contributed by atoms with Crippen LogP contribution in [0.1, 0.15) is 12.5 Å². The number of amides is 3. The van der Waals surface area contributed by atoms with Gasteiger partial charge in [0.05, 0.1) is 18.6 Å². The number of carbonyl (C=O) groups is 3. The molecule has 3 rings (SSSR count). The summed E-state index contributed by atoms with van der Waals surface area (Å²) in [4.78, 5) is 38.3. The van der Waals surface area contributed by atoms with Crippen LogP contribution in [0.3, 0.4) is 0 Å². The summed E-state index contributed by atoms with van der Waals surface area (Å²) in [6.07, 6.45) is 1.59. The van der Waals surface area contributed by atoms with Crippen LogP contribution in [-0.2, 0) is 9.59 Å². The molecular weight excluding hydrogens is 428 g/mol. The van der Waals surface area contributed by atoms with Crippen molar-refractivity contribution in [3.8, 4) is 11.5 Å². The standard InChI is InChI=1S/C21H19ClN2O5S/c1-3-29-17-9-13(7-8-16(17)28-2)10-18-20(26)24(21(27)30-18)12-19(25)23-15-6-4-5-14(22)11-15/h4-11H,3,12H2,1-2H3,(H,23,25)/b18-10+. The van der Waals surface area contributed by atoms with E-state index in [1.54, 1.807) is 48.5 Å². The van der Waals surface area contributed by atoms with Crippen molar-refractivity contribution >= 4 is 52.2 Å². The van der Waals surface area contributed by atoms with Crippen LogP contribution >= 0.6 is 23.4 Å². The molecule has 0 aromatic heterocycles. The highest BCUT2D eigenvalue weighted by atomic mass is 35.5. The lowest BCUT2D eigenvalue weighted by Gasteiger charge is -2.12. The van der Waals surface area contributed by atoms with E-state index in [0.717, 1.165) is 16.7 Å². The summed E-state index contributed by atoms with van der Waals surface area (Å²) >= 11 is 6.68. The number of carbonyl (C=O) groups excluding carboxylic acids is 3. The number of ether oxygens (including phenoxy) is 2. The van der Waals surface area contributed by atoms with Crippen molar-refractivity contribution in [3.63, 3.8) is 0 Å². The molecule has 1 heterocycles. The second kappa shape index (κ2) is 9.69. The molecule has 1 saturated heterocycles. The second-order valence-electron chi connectivity index (χ2n) is 6.17. The number of benzene rings is 2. The Labute approximate surface area is 183 Å². The lowest BCUT2D eigenvalue weighted by Crippen LogP contribution is -2.36. The SMILES string of the molecule is CCOc1cc(/C=C2/SC(=O)N(CC(=O)Nc3cccc(Cl)c3)C2=O)ccc1OC. The summed E-state index contributed by atoms with van der Waals surface area (Å²) in [6, 6.07) is 11.8. The maximum Gasteiger partial charge on any atom is 0.294 e. The fourth-order valence-electron chi connectivity index (χ4n) is 2.75. The molecule has 0 bridgehead atoms. The van der Waals surface area contributed by atoms with Gasteiger partial charge in [0.1, 0.15) is 6.54 Å². The van der Waals surface area contributed by atoms with E-state index in [-0.39, 0.29) is 11.4 Å². The summed E-state index contributed by atoms with van der Waals surface area (Å²) < 4.78 is 10.8. The molecule has 2 aromatic carbocycles. The highest BCUT2D eigenvalue weighted by Crippen LogP contribution is 2.34. The molecule has 1 aliphatic rings. The molecule has 0 aliphatic carbocycles. The van der Waals surface area contributed by atoms with Crippen molar-refractivity contribution in [2.45, 2.75) is 6.92 Å².